The third-order valence-electron chi connectivity index (χ3n) is 7.20. The third-order valence-corrected chi connectivity index (χ3v) is 17.0. The van der Waals surface area contributed by atoms with Crippen molar-refractivity contribution in [3.8, 4) is 0 Å². The number of nitrogens with one attached hydrogen (secondary N) is 2. The minimum absolute atomic E-state index is 0.996. The van der Waals surface area contributed by atoms with Crippen LogP contribution in [0.4, 0.5) is 11.4 Å². The normalized spacial score (nSPS) is 12.1. The molecule has 0 aliphatic heterocycles. The monoisotopic (exact) mass is 426 g/mol. The Morgan fingerprint density at radius 3 is 1.00 bits per heavy atom. The lowest BCUT2D eigenvalue weighted by atomic mass is 10.0. The minimum atomic E-state index is -1.34. The van der Waals surface area contributed by atoms with E-state index in [1.54, 1.807) is 0 Å². The van der Waals surface area contributed by atoms with Gasteiger partial charge in [-0.1, -0.05) is 65.8 Å². The molecule has 29 heavy (non-hydrogen) atoms. The molecular weight excluding hydrogens is 384 g/mol. The third kappa shape index (κ3) is 6.22. The second kappa shape index (κ2) is 11.0. The molecule has 0 saturated carbocycles. The topological polar surface area (TPSA) is 24.1 Å². The van der Waals surface area contributed by atoms with E-state index in [1.807, 2.05) is 0 Å². The lowest BCUT2D eigenvalue weighted by molar-refractivity contribution is 1.16. The summed E-state index contributed by atoms with van der Waals surface area (Å²) in [6.07, 6.45) is 0.996. The first-order valence-corrected chi connectivity index (χ1v) is 17.0. The predicted octanol–water partition coefficient (Wildman–Crippen LogP) is 8.11. The SMILES string of the molecule is CC[Si](CC)(CC)Nc1ccc(Cc2ccc(N[Si](CC)(CC)CC)cc2)cc1. The van der Waals surface area contributed by atoms with Crippen molar-refractivity contribution in [3.05, 3.63) is 59.7 Å². The summed E-state index contributed by atoms with van der Waals surface area (Å²) >= 11 is 0. The minimum Gasteiger partial charge on any atom is -0.410 e. The van der Waals surface area contributed by atoms with Gasteiger partial charge < -0.3 is 9.96 Å². The molecule has 0 saturated heterocycles. The van der Waals surface area contributed by atoms with Gasteiger partial charge in [0.05, 0.1) is 0 Å². The van der Waals surface area contributed by atoms with Gasteiger partial charge in [-0.05, 0) is 78.1 Å². The van der Waals surface area contributed by atoms with E-state index in [2.05, 4.69) is 100 Å². The Labute approximate surface area is 181 Å². The molecule has 2 aromatic carbocycles. The summed E-state index contributed by atoms with van der Waals surface area (Å²) in [5.74, 6) is 0. The molecule has 2 rings (SSSR count). The van der Waals surface area contributed by atoms with Crippen molar-refractivity contribution in [2.24, 2.45) is 0 Å². The fourth-order valence-corrected chi connectivity index (χ4v) is 9.91. The fraction of sp³-hybridized carbons (Fsp3) is 0.520. The van der Waals surface area contributed by atoms with Crippen molar-refractivity contribution in [1.82, 2.24) is 0 Å². The zero-order valence-corrected chi connectivity index (χ0v) is 21.6. The molecule has 0 unspecified atom stereocenters. The van der Waals surface area contributed by atoms with Crippen molar-refractivity contribution < 1.29 is 0 Å². The van der Waals surface area contributed by atoms with E-state index in [0.717, 1.165) is 6.42 Å². The zero-order valence-electron chi connectivity index (χ0n) is 19.6. The summed E-state index contributed by atoms with van der Waals surface area (Å²) in [7, 11) is -2.68. The highest BCUT2D eigenvalue weighted by Gasteiger charge is 2.27. The van der Waals surface area contributed by atoms with Crippen LogP contribution in [-0.4, -0.2) is 16.5 Å². The first kappa shape index (κ1) is 23.7. The van der Waals surface area contributed by atoms with Crippen molar-refractivity contribution in [1.29, 1.82) is 0 Å². The lowest BCUT2D eigenvalue weighted by Crippen LogP contribution is -2.41. The van der Waals surface area contributed by atoms with Gasteiger partial charge in [0, 0.05) is 11.4 Å². The zero-order chi connectivity index (χ0) is 21.3. The maximum Gasteiger partial charge on any atom is 0.152 e. The van der Waals surface area contributed by atoms with Crippen LogP contribution in [0.1, 0.15) is 52.7 Å². The number of hydrogen-bond acceptors (Lipinski definition) is 2. The molecule has 0 bridgehead atoms. The van der Waals surface area contributed by atoms with Gasteiger partial charge in [-0.3, -0.25) is 0 Å². The van der Waals surface area contributed by atoms with Gasteiger partial charge >= 0.3 is 0 Å². The van der Waals surface area contributed by atoms with E-state index in [1.165, 1.54) is 58.8 Å². The van der Waals surface area contributed by atoms with E-state index >= 15 is 0 Å². The maximum atomic E-state index is 3.91. The highest BCUT2D eigenvalue weighted by molar-refractivity contribution is 6.83. The molecule has 0 radical (unpaired) electrons. The Morgan fingerprint density at radius 2 is 0.759 bits per heavy atom. The fourth-order valence-electron chi connectivity index (χ4n) is 4.29. The van der Waals surface area contributed by atoms with E-state index in [4.69, 9.17) is 0 Å². The predicted molar refractivity (Wildman–Crippen MR) is 137 cm³/mol. The van der Waals surface area contributed by atoms with Crippen LogP contribution in [0.15, 0.2) is 48.5 Å². The summed E-state index contributed by atoms with van der Waals surface area (Å²) in [6.45, 7) is 14.0. The van der Waals surface area contributed by atoms with Crippen molar-refractivity contribution in [2.75, 3.05) is 9.96 Å². The molecule has 2 aromatic rings. The first-order chi connectivity index (χ1) is 14.0. The molecule has 0 aliphatic carbocycles. The molecule has 4 heteroatoms. The quantitative estimate of drug-likeness (QED) is 0.335. The Hall–Kier alpha value is -1.53. The first-order valence-electron chi connectivity index (χ1n) is 11.7. The molecule has 0 spiro atoms. The Morgan fingerprint density at radius 1 is 0.483 bits per heavy atom. The average molecular weight is 427 g/mol. The van der Waals surface area contributed by atoms with Gasteiger partial charge in [-0.2, -0.15) is 0 Å². The van der Waals surface area contributed by atoms with Crippen LogP contribution in [0.5, 0.6) is 0 Å². The Bertz CT molecular complexity index is 637. The Balaban J connectivity index is 2.02. The summed E-state index contributed by atoms with van der Waals surface area (Å²) < 4.78 is 0. The molecule has 0 aromatic heterocycles. The van der Waals surface area contributed by atoms with Gasteiger partial charge in [0.25, 0.3) is 0 Å². The molecule has 0 aliphatic rings. The second-order valence-electron chi connectivity index (χ2n) is 8.50. The molecule has 0 fully saturated rings. The Kier molecular flexibility index (Phi) is 9.03. The average Bonchev–Trinajstić information content (AvgIpc) is 2.78. The van der Waals surface area contributed by atoms with Crippen molar-refractivity contribution >= 4 is 27.8 Å². The number of hydrogen-bond donors (Lipinski definition) is 2. The summed E-state index contributed by atoms with van der Waals surface area (Å²) in [5.41, 5.74) is 5.36. The van der Waals surface area contributed by atoms with E-state index in [-0.39, 0.29) is 0 Å². The largest absolute Gasteiger partial charge is 0.410 e. The van der Waals surface area contributed by atoms with Crippen molar-refractivity contribution in [3.63, 3.8) is 0 Å². The van der Waals surface area contributed by atoms with Gasteiger partial charge in [-0.15, -0.1) is 0 Å². The van der Waals surface area contributed by atoms with Crippen LogP contribution in [0.3, 0.4) is 0 Å². The van der Waals surface area contributed by atoms with Gasteiger partial charge in [0.15, 0.2) is 16.5 Å². The van der Waals surface area contributed by atoms with Crippen LogP contribution in [0.25, 0.3) is 0 Å². The lowest BCUT2D eigenvalue weighted by Gasteiger charge is -2.30. The molecule has 0 atom stereocenters. The maximum absolute atomic E-state index is 3.91. The van der Waals surface area contributed by atoms with Crippen LogP contribution in [0, 0.1) is 0 Å². The standard InChI is InChI=1S/C25H42N2Si2/c1-7-28(8-2,9-3)26-24-17-13-22(14-18-24)21-23-15-19-25(20-16-23)27-29(10-4,11-5)12-6/h13-20,26-27H,7-12,21H2,1-6H3. The van der Waals surface area contributed by atoms with Gasteiger partial charge in [0.2, 0.25) is 0 Å². The van der Waals surface area contributed by atoms with Crippen LogP contribution < -0.4 is 9.96 Å². The van der Waals surface area contributed by atoms with E-state index in [9.17, 15) is 0 Å². The molecular formula is C25H42N2Si2. The summed E-state index contributed by atoms with van der Waals surface area (Å²) in [5, 5.41) is 0. The summed E-state index contributed by atoms with van der Waals surface area (Å²) in [6, 6.07) is 26.0. The van der Waals surface area contributed by atoms with Crippen LogP contribution in [0.2, 0.25) is 36.3 Å². The number of anilines is 2. The molecule has 0 heterocycles. The van der Waals surface area contributed by atoms with E-state index in [0.29, 0.717) is 0 Å². The smallest absolute Gasteiger partial charge is 0.152 e. The molecule has 2 nitrogen and oxygen atoms in total. The molecule has 160 valence electrons. The van der Waals surface area contributed by atoms with Crippen LogP contribution in [-0.2, 0) is 6.42 Å². The second-order valence-corrected chi connectivity index (χ2v) is 18.4. The highest BCUT2D eigenvalue weighted by atomic mass is 28.3. The van der Waals surface area contributed by atoms with Gasteiger partial charge in [0.1, 0.15) is 0 Å². The molecule has 0 amide bonds. The van der Waals surface area contributed by atoms with E-state index < -0.39 is 16.5 Å². The highest BCUT2D eigenvalue weighted by Crippen LogP contribution is 2.25. The number of benzene rings is 2. The van der Waals surface area contributed by atoms with Gasteiger partial charge in [-0.25, -0.2) is 0 Å². The van der Waals surface area contributed by atoms with Crippen molar-refractivity contribution in [2.45, 2.75) is 84.2 Å². The molecule has 2 N–H and O–H groups in total. The summed E-state index contributed by atoms with van der Waals surface area (Å²) in [4.78, 5) is 7.83. The number of rotatable bonds is 12. The van der Waals surface area contributed by atoms with Crippen LogP contribution >= 0.6 is 0 Å².